The SMILES string of the molecule is NC(=O)CN1CCC(NC(=O)[C@H]2CCCNC2)CC1. The van der Waals surface area contributed by atoms with E-state index in [0.29, 0.717) is 6.54 Å². The maximum Gasteiger partial charge on any atom is 0.231 e. The van der Waals surface area contributed by atoms with Gasteiger partial charge in [-0.3, -0.25) is 14.5 Å². The number of hydrogen-bond acceptors (Lipinski definition) is 4. The van der Waals surface area contributed by atoms with Gasteiger partial charge in [-0.25, -0.2) is 0 Å². The zero-order chi connectivity index (χ0) is 13.7. The minimum Gasteiger partial charge on any atom is -0.369 e. The van der Waals surface area contributed by atoms with E-state index in [9.17, 15) is 9.59 Å². The van der Waals surface area contributed by atoms with Gasteiger partial charge in [-0.15, -0.1) is 0 Å². The molecule has 108 valence electrons. The van der Waals surface area contributed by atoms with Crippen LogP contribution in [0.1, 0.15) is 25.7 Å². The Balaban J connectivity index is 1.69. The number of carbonyl (C=O) groups is 2. The van der Waals surface area contributed by atoms with Crippen LogP contribution >= 0.6 is 0 Å². The average Bonchev–Trinajstić information content (AvgIpc) is 2.41. The van der Waals surface area contributed by atoms with Gasteiger partial charge in [0.2, 0.25) is 11.8 Å². The molecule has 0 radical (unpaired) electrons. The van der Waals surface area contributed by atoms with Gasteiger partial charge in [-0.2, -0.15) is 0 Å². The van der Waals surface area contributed by atoms with Crippen molar-refractivity contribution in [3.63, 3.8) is 0 Å². The van der Waals surface area contributed by atoms with E-state index in [1.165, 1.54) is 0 Å². The summed E-state index contributed by atoms with van der Waals surface area (Å²) in [5, 5.41) is 6.40. The van der Waals surface area contributed by atoms with Crippen molar-refractivity contribution in [1.29, 1.82) is 0 Å². The van der Waals surface area contributed by atoms with E-state index < -0.39 is 0 Å². The molecule has 2 fully saturated rings. The molecule has 6 nitrogen and oxygen atoms in total. The van der Waals surface area contributed by atoms with E-state index in [1.54, 1.807) is 0 Å². The molecule has 2 aliphatic rings. The van der Waals surface area contributed by atoms with Gasteiger partial charge in [-0.1, -0.05) is 0 Å². The number of piperidine rings is 2. The number of primary amides is 1. The van der Waals surface area contributed by atoms with Crippen molar-refractivity contribution < 1.29 is 9.59 Å². The molecule has 2 aliphatic heterocycles. The minimum absolute atomic E-state index is 0.123. The second kappa shape index (κ2) is 6.86. The predicted molar refractivity (Wildman–Crippen MR) is 72.4 cm³/mol. The Morgan fingerprint density at radius 1 is 1.26 bits per heavy atom. The molecule has 0 unspecified atom stereocenters. The largest absolute Gasteiger partial charge is 0.369 e. The quantitative estimate of drug-likeness (QED) is 0.613. The van der Waals surface area contributed by atoms with Crippen molar-refractivity contribution in [1.82, 2.24) is 15.5 Å². The highest BCUT2D eigenvalue weighted by atomic mass is 16.2. The Labute approximate surface area is 114 Å². The molecule has 0 spiro atoms. The lowest BCUT2D eigenvalue weighted by molar-refractivity contribution is -0.127. The molecule has 1 atom stereocenters. The fraction of sp³-hybridized carbons (Fsp3) is 0.846. The van der Waals surface area contributed by atoms with Crippen LogP contribution in [0.4, 0.5) is 0 Å². The Morgan fingerprint density at radius 2 is 2.00 bits per heavy atom. The molecule has 6 heteroatoms. The van der Waals surface area contributed by atoms with E-state index in [0.717, 1.165) is 51.9 Å². The smallest absolute Gasteiger partial charge is 0.231 e. The molecule has 4 N–H and O–H groups in total. The van der Waals surface area contributed by atoms with Crippen molar-refractivity contribution >= 4 is 11.8 Å². The number of amides is 2. The van der Waals surface area contributed by atoms with E-state index in [1.807, 2.05) is 4.90 Å². The minimum atomic E-state index is -0.282. The molecule has 2 rings (SSSR count). The monoisotopic (exact) mass is 268 g/mol. The molecular formula is C13H24N4O2. The molecule has 2 amide bonds. The Bertz CT molecular complexity index is 321. The van der Waals surface area contributed by atoms with Gasteiger partial charge in [0.15, 0.2) is 0 Å². The van der Waals surface area contributed by atoms with Crippen molar-refractivity contribution in [3.8, 4) is 0 Å². The van der Waals surface area contributed by atoms with Crippen LogP contribution < -0.4 is 16.4 Å². The number of hydrogen-bond donors (Lipinski definition) is 3. The third-order valence-electron chi connectivity index (χ3n) is 3.98. The molecule has 2 saturated heterocycles. The van der Waals surface area contributed by atoms with Gasteiger partial charge in [0.25, 0.3) is 0 Å². The highest BCUT2D eigenvalue weighted by Gasteiger charge is 2.25. The number of nitrogens with zero attached hydrogens (tertiary/aromatic N) is 1. The number of carbonyl (C=O) groups excluding carboxylic acids is 2. The molecule has 0 aromatic heterocycles. The molecule has 2 heterocycles. The van der Waals surface area contributed by atoms with Crippen molar-refractivity contribution in [2.75, 3.05) is 32.7 Å². The lowest BCUT2D eigenvalue weighted by Gasteiger charge is -2.32. The van der Waals surface area contributed by atoms with Gasteiger partial charge in [0, 0.05) is 25.7 Å². The fourth-order valence-corrected chi connectivity index (χ4v) is 2.85. The van der Waals surface area contributed by atoms with Crippen LogP contribution in [0.15, 0.2) is 0 Å². The Kier molecular flexibility index (Phi) is 5.15. The summed E-state index contributed by atoms with van der Waals surface area (Å²) >= 11 is 0. The molecule has 0 bridgehead atoms. The summed E-state index contributed by atoms with van der Waals surface area (Å²) in [6, 6.07) is 0.249. The van der Waals surface area contributed by atoms with Gasteiger partial charge < -0.3 is 16.4 Å². The maximum absolute atomic E-state index is 12.1. The molecule has 0 aliphatic carbocycles. The summed E-state index contributed by atoms with van der Waals surface area (Å²) in [6.45, 7) is 3.81. The van der Waals surface area contributed by atoms with Crippen molar-refractivity contribution in [2.24, 2.45) is 11.7 Å². The second-order valence-corrected chi connectivity index (χ2v) is 5.57. The molecule has 0 aromatic carbocycles. The standard InChI is InChI=1S/C13H24N4O2/c14-12(18)9-17-6-3-11(4-7-17)16-13(19)10-2-1-5-15-8-10/h10-11,15H,1-9H2,(H2,14,18)(H,16,19)/t10-/m0/s1. The molecule has 19 heavy (non-hydrogen) atoms. The Hall–Kier alpha value is -1.14. The molecule has 0 aromatic rings. The van der Waals surface area contributed by atoms with E-state index in [4.69, 9.17) is 5.73 Å². The average molecular weight is 268 g/mol. The highest BCUT2D eigenvalue weighted by Crippen LogP contribution is 2.13. The van der Waals surface area contributed by atoms with E-state index in [-0.39, 0.29) is 23.8 Å². The summed E-state index contributed by atoms with van der Waals surface area (Å²) < 4.78 is 0. The molecular weight excluding hydrogens is 244 g/mol. The van der Waals surface area contributed by atoms with Crippen LogP contribution in [0.3, 0.4) is 0 Å². The van der Waals surface area contributed by atoms with Crippen LogP contribution in [0.2, 0.25) is 0 Å². The first-order valence-electron chi connectivity index (χ1n) is 7.17. The summed E-state index contributed by atoms with van der Waals surface area (Å²) in [4.78, 5) is 25.0. The lowest BCUT2D eigenvalue weighted by Crippen LogP contribution is -2.49. The van der Waals surface area contributed by atoms with Crippen LogP contribution in [0.5, 0.6) is 0 Å². The number of likely N-dealkylation sites (tertiary alicyclic amines) is 1. The van der Waals surface area contributed by atoms with Gasteiger partial charge in [0.05, 0.1) is 12.5 Å². The third kappa shape index (κ3) is 4.47. The molecule has 0 saturated carbocycles. The summed E-state index contributed by atoms with van der Waals surface area (Å²) in [6.07, 6.45) is 3.87. The van der Waals surface area contributed by atoms with Gasteiger partial charge >= 0.3 is 0 Å². The van der Waals surface area contributed by atoms with Gasteiger partial charge in [0.1, 0.15) is 0 Å². The fourth-order valence-electron chi connectivity index (χ4n) is 2.85. The van der Waals surface area contributed by atoms with E-state index in [2.05, 4.69) is 10.6 Å². The van der Waals surface area contributed by atoms with Gasteiger partial charge in [-0.05, 0) is 32.2 Å². The van der Waals surface area contributed by atoms with Crippen molar-refractivity contribution in [2.45, 2.75) is 31.7 Å². The van der Waals surface area contributed by atoms with Crippen LogP contribution in [-0.4, -0.2) is 55.5 Å². The lowest BCUT2D eigenvalue weighted by atomic mass is 9.97. The maximum atomic E-state index is 12.1. The summed E-state index contributed by atoms with van der Waals surface area (Å²) in [5.41, 5.74) is 5.18. The third-order valence-corrected chi connectivity index (χ3v) is 3.98. The first-order valence-corrected chi connectivity index (χ1v) is 7.17. The predicted octanol–water partition coefficient (Wildman–Crippen LogP) is -0.948. The number of nitrogens with two attached hydrogens (primary N) is 1. The van der Waals surface area contributed by atoms with Crippen LogP contribution in [-0.2, 0) is 9.59 Å². The number of nitrogens with one attached hydrogen (secondary N) is 2. The number of rotatable bonds is 4. The summed E-state index contributed by atoms with van der Waals surface area (Å²) in [7, 11) is 0. The zero-order valence-electron chi connectivity index (χ0n) is 11.4. The van der Waals surface area contributed by atoms with Crippen LogP contribution in [0, 0.1) is 5.92 Å². The first-order chi connectivity index (χ1) is 9.15. The first kappa shape index (κ1) is 14.3. The summed E-state index contributed by atoms with van der Waals surface area (Å²) in [5.74, 6) is 0.0220. The van der Waals surface area contributed by atoms with Crippen LogP contribution in [0.25, 0.3) is 0 Å². The normalized spacial score (nSPS) is 26.0. The zero-order valence-corrected chi connectivity index (χ0v) is 11.4. The topological polar surface area (TPSA) is 87.5 Å². The van der Waals surface area contributed by atoms with Crippen molar-refractivity contribution in [3.05, 3.63) is 0 Å². The Morgan fingerprint density at radius 3 is 2.58 bits per heavy atom. The second-order valence-electron chi connectivity index (χ2n) is 5.57. The highest BCUT2D eigenvalue weighted by molar-refractivity contribution is 5.79. The van der Waals surface area contributed by atoms with E-state index >= 15 is 0 Å².